The Hall–Kier alpha value is -2.63. The number of phenolic OH excluding ortho intramolecular Hbond substituents is 2. The molecule has 2 aromatic rings. The third-order valence-electron chi connectivity index (χ3n) is 2.04. The Labute approximate surface area is 96.6 Å². The van der Waals surface area contributed by atoms with Gasteiger partial charge in [-0.3, -0.25) is 4.79 Å². The highest BCUT2D eigenvalue weighted by Gasteiger charge is 2.12. The maximum Gasteiger partial charge on any atom is 0.260 e. The van der Waals surface area contributed by atoms with Gasteiger partial charge in [0.15, 0.2) is 5.82 Å². The fourth-order valence-corrected chi connectivity index (χ4v) is 1.26. The van der Waals surface area contributed by atoms with Crippen molar-refractivity contribution >= 4 is 11.7 Å². The molecule has 0 fully saturated rings. The van der Waals surface area contributed by atoms with Crippen LogP contribution in [0.25, 0.3) is 0 Å². The van der Waals surface area contributed by atoms with Gasteiger partial charge in [-0.25, -0.2) is 0 Å². The van der Waals surface area contributed by atoms with Crippen LogP contribution in [0, 0.1) is 0 Å². The Morgan fingerprint density at radius 1 is 1.24 bits per heavy atom. The van der Waals surface area contributed by atoms with E-state index in [0.717, 1.165) is 0 Å². The summed E-state index contributed by atoms with van der Waals surface area (Å²) in [5, 5.41) is 28.4. The number of aromatic nitrogens is 2. The van der Waals surface area contributed by atoms with Crippen molar-refractivity contribution in [3.8, 4) is 11.5 Å². The maximum absolute atomic E-state index is 11.7. The number of benzene rings is 1. The topological polar surface area (TPSA) is 95.3 Å². The van der Waals surface area contributed by atoms with E-state index in [1.165, 1.54) is 24.4 Å². The summed E-state index contributed by atoms with van der Waals surface area (Å²) in [5.74, 6) is -0.629. The number of nitrogens with zero attached hydrogens (tertiary/aromatic N) is 2. The molecule has 86 valence electrons. The Balaban J connectivity index is 2.23. The number of hydrogen-bond acceptors (Lipinski definition) is 5. The molecule has 0 aliphatic carbocycles. The summed E-state index contributed by atoms with van der Waals surface area (Å²) in [7, 11) is 0. The monoisotopic (exact) mass is 231 g/mol. The number of rotatable bonds is 2. The summed E-state index contributed by atoms with van der Waals surface area (Å²) in [6, 6.07) is 6.87. The number of amides is 1. The van der Waals surface area contributed by atoms with E-state index in [9.17, 15) is 15.0 Å². The zero-order chi connectivity index (χ0) is 12.3. The fourth-order valence-electron chi connectivity index (χ4n) is 1.26. The van der Waals surface area contributed by atoms with E-state index in [4.69, 9.17) is 0 Å². The minimum atomic E-state index is -0.570. The van der Waals surface area contributed by atoms with Crippen molar-refractivity contribution in [1.82, 2.24) is 10.2 Å². The number of hydrogen-bond donors (Lipinski definition) is 3. The van der Waals surface area contributed by atoms with E-state index in [-0.39, 0.29) is 22.9 Å². The third-order valence-corrected chi connectivity index (χ3v) is 2.04. The van der Waals surface area contributed by atoms with Gasteiger partial charge in [0.05, 0.1) is 5.56 Å². The average molecular weight is 231 g/mol. The van der Waals surface area contributed by atoms with Gasteiger partial charge < -0.3 is 15.5 Å². The molecule has 0 saturated carbocycles. The summed E-state index contributed by atoms with van der Waals surface area (Å²) in [6.07, 6.45) is 1.47. The van der Waals surface area contributed by atoms with Gasteiger partial charge in [-0.2, -0.15) is 5.10 Å². The zero-order valence-corrected chi connectivity index (χ0v) is 8.66. The lowest BCUT2D eigenvalue weighted by Gasteiger charge is -2.05. The van der Waals surface area contributed by atoms with Crippen molar-refractivity contribution in [1.29, 1.82) is 0 Å². The Morgan fingerprint density at radius 3 is 2.76 bits per heavy atom. The van der Waals surface area contributed by atoms with Crippen LogP contribution in [0.15, 0.2) is 36.5 Å². The van der Waals surface area contributed by atoms with Crippen molar-refractivity contribution in [2.75, 3.05) is 5.32 Å². The summed E-state index contributed by atoms with van der Waals surface area (Å²) in [6.45, 7) is 0. The molecule has 6 nitrogen and oxygen atoms in total. The van der Waals surface area contributed by atoms with Crippen LogP contribution >= 0.6 is 0 Å². The molecule has 2 rings (SSSR count). The molecule has 1 aromatic carbocycles. The summed E-state index contributed by atoms with van der Waals surface area (Å²) in [5.41, 5.74) is -0.0318. The van der Waals surface area contributed by atoms with Crippen LogP contribution in [0.5, 0.6) is 11.5 Å². The number of phenols is 2. The number of aromatic hydroxyl groups is 2. The van der Waals surface area contributed by atoms with Crippen LogP contribution < -0.4 is 5.32 Å². The normalized spacial score (nSPS) is 9.88. The van der Waals surface area contributed by atoms with Crippen molar-refractivity contribution in [3.63, 3.8) is 0 Å². The van der Waals surface area contributed by atoms with Crippen LogP contribution in [-0.2, 0) is 0 Å². The molecule has 0 saturated heterocycles. The predicted octanol–water partition coefficient (Wildman–Crippen LogP) is 1.14. The quantitative estimate of drug-likeness (QED) is 0.673. The lowest BCUT2D eigenvalue weighted by Crippen LogP contribution is -2.13. The van der Waals surface area contributed by atoms with Crippen molar-refractivity contribution in [2.45, 2.75) is 0 Å². The molecule has 0 bridgehead atoms. The minimum Gasteiger partial charge on any atom is -0.508 e. The van der Waals surface area contributed by atoms with Crippen molar-refractivity contribution < 1.29 is 15.0 Å². The SMILES string of the molecule is O=C(Nc1cccnn1)c1cc(O)ccc1O. The molecule has 0 aliphatic rings. The molecular formula is C11H9N3O3. The first kappa shape index (κ1) is 10.9. The summed E-state index contributed by atoms with van der Waals surface area (Å²) < 4.78 is 0. The molecule has 6 heteroatoms. The molecular weight excluding hydrogens is 222 g/mol. The van der Waals surface area contributed by atoms with Gasteiger partial charge in [0.2, 0.25) is 0 Å². The van der Waals surface area contributed by atoms with Crippen molar-refractivity contribution in [3.05, 3.63) is 42.1 Å². The lowest BCUT2D eigenvalue weighted by atomic mass is 10.2. The molecule has 17 heavy (non-hydrogen) atoms. The molecule has 0 radical (unpaired) electrons. The largest absolute Gasteiger partial charge is 0.508 e. The second-order valence-electron chi connectivity index (χ2n) is 3.26. The first-order valence-electron chi connectivity index (χ1n) is 4.78. The number of carbonyl (C=O) groups excluding carboxylic acids is 1. The summed E-state index contributed by atoms with van der Waals surface area (Å²) in [4.78, 5) is 11.7. The van der Waals surface area contributed by atoms with Gasteiger partial charge in [0.25, 0.3) is 5.91 Å². The van der Waals surface area contributed by atoms with Gasteiger partial charge in [-0.1, -0.05) is 0 Å². The standard InChI is InChI=1S/C11H9N3O3/c15-7-3-4-9(16)8(6-7)11(17)13-10-2-1-5-12-14-10/h1-6,15-16H,(H,13,14,17). The Kier molecular flexibility index (Phi) is 2.87. The van der Waals surface area contributed by atoms with E-state index in [1.807, 2.05) is 0 Å². The van der Waals surface area contributed by atoms with Crippen LogP contribution in [0.2, 0.25) is 0 Å². The highest BCUT2D eigenvalue weighted by molar-refractivity contribution is 6.05. The minimum absolute atomic E-state index is 0.0318. The van der Waals surface area contributed by atoms with E-state index < -0.39 is 5.91 Å². The molecule has 0 aliphatic heterocycles. The average Bonchev–Trinajstić information content (AvgIpc) is 2.33. The van der Waals surface area contributed by atoms with E-state index >= 15 is 0 Å². The predicted molar refractivity (Wildman–Crippen MR) is 59.8 cm³/mol. The third kappa shape index (κ3) is 2.49. The Bertz CT molecular complexity index is 543. The number of carbonyl (C=O) groups is 1. The second kappa shape index (κ2) is 4.48. The highest BCUT2D eigenvalue weighted by atomic mass is 16.3. The molecule has 1 amide bonds. The number of nitrogens with one attached hydrogen (secondary N) is 1. The zero-order valence-electron chi connectivity index (χ0n) is 8.66. The molecule has 1 heterocycles. The molecule has 0 atom stereocenters. The van der Waals surface area contributed by atoms with Gasteiger partial charge in [0, 0.05) is 6.20 Å². The van der Waals surface area contributed by atoms with Gasteiger partial charge in [0.1, 0.15) is 11.5 Å². The highest BCUT2D eigenvalue weighted by Crippen LogP contribution is 2.22. The molecule has 3 N–H and O–H groups in total. The first-order valence-corrected chi connectivity index (χ1v) is 4.78. The first-order chi connectivity index (χ1) is 8.16. The van der Waals surface area contributed by atoms with Crippen LogP contribution in [0.4, 0.5) is 5.82 Å². The van der Waals surface area contributed by atoms with Crippen LogP contribution in [0.1, 0.15) is 10.4 Å². The van der Waals surface area contributed by atoms with Crippen molar-refractivity contribution in [2.24, 2.45) is 0 Å². The van der Waals surface area contributed by atoms with E-state index in [1.54, 1.807) is 12.1 Å². The molecule has 0 unspecified atom stereocenters. The van der Waals surface area contributed by atoms with Gasteiger partial charge >= 0.3 is 0 Å². The van der Waals surface area contributed by atoms with E-state index in [2.05, 4.69) is 15.5 Å². The van der Waals surface area contributed by atoms with Gasteiger partial charge in [-0.15, -0.1) is 5.10 Å². The number of anilines is 1. The smallest absolute Gasteiger partial charge is 0.260 e. The Morgan fingerprint density at radius 2 is 2.06 bits per heavy atom. The molecule has 1 aromatic heterocycles. The second-order valence-corrected chi connectivity index (χ2v) is 3.26. The van der Waals surface area contributed by atoms with Crippen LogP contribution in [0.3, 0.4) is 0 Å². The fraction of sp³-hybridized carbons (Fsp3) is 0. The molecule has 0 spiro atoms. The van der Waals surface area contributed by atoms with Gasteiger partial charge in [-0.05, 0) is 30.3 Å². The lowest BCUT2D eigenvalue weighted by molar-refractivity contribution is 0.102. The van der Waals surface area contributed by atoms with E-state index in [0.29, 0.717) is 0 Å². The van der Waals surface area contributed by atoms with Crippen LogP contribution in [-0.4, -0.2) is 26.3 Å². The maximum atomic E-state index is 11.7. The summed E-state index contributed by atoms with van der Waals surface area (Å²) >= 11 is 0.